The number of carboxylic acid groups (broad SMARTS) is 1. The highest BCUT2D eigenvalue weighted by atomic mass is 16.4. The topological polar surface area (TPSA) is 57.6 Å². The molecule has 0 aromatic heterocycles. The lowest BCUT2D eigenvalue weighted by molar-refractivity contribution is -0.142. The van der Waals surface area contributed by atoms with Crippen molar-refractivity contribution in [3.05, 3.63) is 35.4 Å². The van der Waals surface area contributed by atoms with Crippen molar-refractivity contribution in [2.75, 3.05) is 13.1 Å². The van der Waals surface area contributed by atoms with Crippen LogP contribution in [0.5, 0.6) is 0 Å². The molecule has 1 saturated heterocycles. The van der Waals surface area contributed by atoms with Gasteiger partial charge in [0, 0.05) is 13.1 Å². The Morgan fingerprint density at radius 1 is 1.18 bits per heavy atom. The van der Waals surface area contributed by atoms with Crippen molar-refractivity contribution in [3.8, 4) is 0 Å². The third-order valence-corrected chi connectivity index (χ3v) is 5.10. The van der Waals surface area contributed by atoms with Crippen LogP contribution in [-0.2, 0) is 22.4 Å². The number of amides is 1. The van der Waals surface area contributed by atoms with Crippen LogP contribution in [0.4, 0.5) is 0 Å². The molecule has 1 heterocycles. The number of rotatable bonds is 5. The molecule has 4 heteroatoms. The standard InChI is InChI=1S/C18H23NO3/c1-2-12-5-3-4-6-14(12)9-17(20)19-10-15(13-7-8-13)16(11-19)18(21)22/h3-6,13,15-16H,2,7-11H2,1H3,(H,21,22)/t15-,16+/m1/s1. The first-order valence-electron chi connectivity index (χ1n) is 8.17. The number of benzene rings is 1. The number of hydrogen-bond acceptors (Lipinski definition) is 2. The number of hydrogen-bond donors (Lipinski definition) is 1. The number of nitrogens with zero attached hydrogens (tertiary/aromatic N) is 1. The maximum atomic E-state index is 12.6. The fraction of sp³-hybridized carbons (Fsp3) is 0.556. The van der Waals surface area contributed by atoms with Gasteiger partial charge in [-0.3, -0.25) is 9.59 Å². The molecule has 1 aliphatic carbocycles. The first-order valence-corrected chi connectivity index (χ1v) is 8.17. The van der Waals surface area contributed by atoms with Gasteiger partial charge in [-0.25, -0.2) is 0 Å². The number of carbonyl (C=O) groups excluding carboxylic acids is 1. The Balaban J connectivity index is 1.69. The van der Waals surface area contributed by atoms with Gasteiger partial charge >= 0.3 is 5.97 Å². The Morgan fingerprint density at radius 3 is 2.45 bits per heavy atom. The molecule has 118 valence electrons. The monoisotopic (exact) mass is 301 g/mol. The van der Waals surface area contributed by atoms with Gasteiger partial charge in [-0.05, 0) is 42.2 Å². The number of carbonyl (C=O) groups is 2. The van der Waals surface area contributed by atoms with Gasteiger partial charge < -0.3 is 10.0 Å². The van der Waals surface area contributed by atoms with E-state index in [0.29, 0.717) is 25.4 Å². The zero-order valence-corrected chi connectivity index (χ0v) is 13.0. The van der Waals surface area contributed by atoms with Crippen LogP contribution in [0.2, 0.25) is 0 Å². The lowest BCUT2D eigenvalue weighted by Crippen LogP contribution is -2.31. The summed E-state index contributed by atoms with van der Waals surface area (Å²) < 4.78 is 0. The summed E-state index contributed by atoms with van der Waals surface area (Å²) in [6, 6.07) is 8.00. The van der Waals surface area contributed by atoms with Crippen molar-refractivity contribution in [1.29, 1.82) is 0 Å². The van der Waals surface area contributed by atoms with Gasteiger partial charge in [0.15, 0.2) is 0 Å². The maximum Gasteiger partial charge on any atom is 0.308 e. The highest BCUT2D eigenvalue weighted by Gasteiger charge is 2.46. The normalized spacial score (nSPS) is 24.5. The second-order valence-corrected chi connectivity index (χ2v) is 6.54. The van der Waals surface area contributed by atoms with Crippen molar-refractivity contribution >= 4 is 11.9 Å². The van der Waals surface area contributed by atoms with Crippen molar-refractivity contribution < 1.29 is 14.7 Å². The number of aliphatic carboxylic acids is 1. The predicted molar refractivity (Wildman–Crippen MR) is 83.4 cm³/mol. The average molecular weight is 301 g/mol. The first-order chi connectivity index (χ1) is 10.6. The molecule has 0 unspecified atom stereocenters. The van der Waals surface area contributed by atoms with Gasteiger partial charge in [-0.2, -0.15) is 0 Å². The third kappa shape index (κ3) is 3.01. The minimum absolute atomic E-state index is 0.0651. The van der Waals surface area contributed by atoms with Crippen LogP contribution >= 0.6 is 0 Å². The van der Waals surface area contributed by atoms with Gasteiger partial charge in [-0.15, -0.1) is 0 Å². The number of aryl methyl sites for hydroxylation is 1. The minimum Gasteiger partial charge on any atom is -0.481 e. The van der Waals surface area contributed by atoms with Crippen LogP contribution in [0.25, 0.3) is 0 Å². The van der Waals surface area contributed by atoms with Crippen molar-refractivity contribution in [1.82, 2.24) is 4.90 Å². The Hall–Kier alpha value is -1.84. The largest absolute Gasteiger partial charge is 0.481 e. The lowest BCUT2D eigenvalue weighted by atomic mass is 9.92. The van der Waals surface area contributed by atoms with E-state index in [9.17, 15) is 14.7 Å². The molecule has 1 aromatic carbocycles. The van der Waals surface area contributed by atoms with Crippen molar-refractivity contribution in [2.45, 2.75) is 32.6 Å². The number of carboxylic acids is 1. The Labute approximate surface area is 131 Å². The van der Waals surface area contributed by atoms with E-state index in [1.165, 1.54) is 5.56 Å². The third-order valence-electron chi connectivity index (χ3n) is 5.10. The summed E-state index contributed by atoms with van der Waals surface area (Å²) >= 11 is 0. The van der Waals surface area contributed by atoms with E-state index in [-0.39, 0.29) is 17.7 Å². The molecule has 3 rings (SSSR count). The molecule has 1 aromatic rings. The fourth-order valence-corrected chi connectivity index (χ4v) is 3.65. The van der Waals surface area contributed by atoms with Gasteiger partial charge in [-0.1, -0.05) is 31.2 Å². The van der Waals surface area contributed by atoms with E-state index in [4.69, 9.17) is 0 Å². The summed E-state index contributed by atoms with van der Waals surface area (Å²) in [5, 5.41) is 9.39. The molecule has 4 nitrogen and oxygen atoms in total. The Bertz CT molecular complexity index is 579. The Morgan fingerprint density at radius 2 is 1.86 bits per heavy atom. The van der Waals surface area contributed by atoms with Crippen LogP contribution in [0.1, 0.15) is 30.9 Å². The summed E-state index contributed by atoms with van der Waals surface area (Å²) in [5.41, 5.74) is 2.26. The fourth-order valence-electron chi connectivity index (χ4n) is 3.65. The van der Waals surface area contributed by atoms with E-state index in [1.807, 2.05) is 18.2 Å². The molecule has 1 N–H and O–H groups in total. The molecule has 2 aliphatic rings. The van der Waals surface area contributed by atoms with Gasteiger partial charge in [0.1, 0.15) is 0 Å². The zero-order valence-electron chi connectivity index (χ0n) is 13.0. The molecule has 1 amide bonds. The predicted octanol–water partition coefficient (Wildman–Crippen LogP) is 2.36. The zero-order chi connectivity index (χ0) is 15.7. The summed E-state index contributed by atoms with van der Waals surface area (Å²) in [6.45, 7) is 3.08. The molecular weight excluding hydrogens is 278 g/mol. The molecule has 0 spiro atoms. The van der Waals surface area contributed by atoms with E-state index in [1.54, 1.807) is 4.90 Å². The van der Waals surface area contributed by atoms with Crippen molar-refractivity contribution in [2.24, 2.45) is 17.8 Å². The molecule has 22 heavy (non-hydrogen) atoms. The summed E-state index contributed by atoms with van der Waals surface area (Å²) in [4.78, 5) is 25.8. The maximum absolute atomic E-state index is 12.6. The van der Waals surface area contributed by atoms with Gasteiger partial charge in [0.25, 0.3) is 0 Å². The minimum atomic E-state index is -0.749. The Kier molecular flexibility index (Phi) is 4.19. The van der Waals surface area contributed by atoms with E-state index >= 15 is 0 Å². The van der Waals surface area contributed by atoms with Crippen LogP contribution < -0.4 is 0 Å². The summed E-state index contributed by atoms with van der Waals surface area (Å²) in [5.74, 6) is -0.390. The second-order valence-electron chi connectivity index (χ2n) is 6.54. The van der Waals surface area contributed by atoms with Gasteiger partial charge in [0.2, 0.25) is 5.91 Å². The van der Waals surface area contributed by atoms with Crippen LogP contribution in [0, 0.1) is 17.8 Å². The van der Waals surface area contributed by atoms with Crippen LogP contribution in [0.15, 0.2) is 24.3 Å². The molecule has 1 aliphatic heterocycles. The summed E-state index contributed by atoms with van der Waals surface area (Å²) in [6.07, 6.45) is 3.53. The lowest BCUT2D eigenvalue weighted by Gasteiger charge is -2.17. The summed E-state index contributed by atoms with van der Waals surface area (Å²) in [7, 11) is 0. The van der Waals surface area contributed by atoms with E-state index in [2.05, 4.69) is 13.0 Å². The smallest absolute Gasteiger partial charge is 0.308 e. The molecule has 0 bridgehead atoms. The SMILES string of the molecule is CCc1ccccc1CC(=O)N1C[C@H](C(=O)O)[C@@H](C2CC2)C1. The van der Waals surface area contributed by atoms with Crippen LogP contribution in [-0.4, -0.2) is 35.0 Å². The van der Waals surface area contributed by atoms with Crippen LogP contribution in [0.3, 0.4) is 0 Å². The van der Waals surface area contributed by atoms with E-state index < -0.39 is 5.97 Å². The first kappa shape index (κ1) is 15.1. The van der Waals surface area contributed by atoms with Crippen molar-refractivity contribution in [3.63, 3.8) is 0 Å². The second kappa shape index (κ2) is 6.11. The quantitative estimate of drug-likeness (QED) is 0.908. The van der Waals surface area contributed by atoms with E-state index in [0.717, 1.165) is 24.8 Å². The molecule has 0 radical (unpaired) electrons. The molecule has 2 atom stereocenters. The highest BCUT2D eigenvalue weighted by molar-refractivity contribution is 5.81. The molecule has 2 fully saturated rings. The average Bonchev–Trinajstić information content (AvgIpc) is 3.25. The molecular formula is C18H23NO3. The number of likely N-dealkylation sites (tertiary alicyclic amines) is 1. The highest BCUT2D eigenvalue weighted by Crippen LogP contribution is 2.44. The molecule has 1 saturated carbocycles. The van der Waals surface area contributed by atoms with Gasteiger partial charge in [0.05, 0.1) is 12.3 Å².